The van der Waals surface area contributed by atoms with Crippen LogP contribution >= 0.6 is 0 Å². The lowest BCUT2D eigenvalue weighted by Crippen LogP contribution is -2.59. The third kappa shape index (κ3) is 17.7. The van der Waals surface area contributed by atoms with Crippen LogP contribution in [0.25, 0.3) is 0 Å². The second kappa shape index (κ2) is 25.1. The molecule has 42 heavy (non-hydrogen) atoms. The maximum Gasteiger partial charge on any atom is 0.306 e. The van der Waals surface area contributed by atoms with E-state index in [1.807, 2.05) is 0 Å². The average Bonchev–Trinajstić information content (AvgIpc) is 2.98. The summed E-state index contributed by atoms with van der Waals surface area (Å²) in [6.45, 7) is 3.32. The van der Waals surface area contributed by atoms with Crippen LogP contribution in [-0.4, -0.2) is 89.0 Å². The molecule has 0 spiro atoms. The maximum absolute atomic E-state index is 12.6. The van der Waals surface area contributed by atoms with Gasteiger partial charge in [0, 0.05) is 12.8 Å². The molecule has 1 fully saturated rings. The fraction of sp³-hybridized carbons (Fsp3) is 0.938. The Labute approximate surface area is 253 Å². The molecule has 248 valence electrons. The number of carbonyl (C=O) groups excluding carboxylic acids is 2. The van der Waals surface area contributed by atoms with E-state index in [-0.39, 0.29) is 32.0 Å². The van der Waals surface area contributed by atoms with Crippen molar-refractivity contribution in [3.8, 4) is 0 Å². The molecule has 0 aliphatic carbocycles. The van der Waals surface area contributed by atoms with E-state index in [0.29, 0.717) is 6.42 Å². The highest BCUT2D eigenvalue weighted by atomic mass is 16.7. The zero-order valence-corrected chi connectivity index (χ0v) is 26.3. The Hall–Kier alpha value is -1.30. The second-order valence-corrected chi connectivity index (χ2v) is 11.6. The molecule has 0 aromatic heterocycles. The molecule has 0 radical (unpaired) electrons. The van der Waals surface area contributed by atoms with Crippen molar-refractivity contribution in [3.05, 3.63) is 0 Å². The highest BCUT2D eigenvalue weighted by Crippen LogP contribution is 2.22. The van der Waals surface area contributed by atoms with Crippen molar-refractivity contribution < 1.29 is 49.0 Å². The Kier molecular flexibility index (Phi) is 23.1. The SMILES string of the molecule is CCCCCCCCCCCCC(=O)O[C@H](COC(=O)CCCCCCCCC)CO[C@@H]1O[C@H](CO)[C@H](O)C(O)C1O. The number of hydrogen-bond acceptors (Lipinski definition) is 10. The van der Waals surface area contributed by atoms with Crippen molar-refractivity contribution in [2.45, 2.75) is 173 Å². The van der Waals surface area contributed by atoms with Crippen LogP contribution in [0.3, 0.4) is 0 Å². The van der Waals surface area contributed by atoms with E-state index in [1.165, 1.54) is 57.8 Å². The molecule has 4 N–H and O–H groups in total. The number of esters is 2. The number of hydrogen-bond donors (Lipinski definition) is 4. The summed E-state index contributed by atoms with van der Waals surface area (Å²) in [5.74, 6) is -0.813. The molecule has 1 saturated heterocycles. The summed E-state index contributed by atoms with van der Waals surface area (Å²) in [5, 5.41) is 39.6. The number of unbranched alkanes of at least 4 members (excludes halogenated alkanes) is 15. The standard InChI is InChI=1S/C32H60O10/c1-3-5-7-9-11-12-13-15-17-19-21-28(35)41-25(23-39-27(34)20-18-16-14-10-8-6-4-2)24-40-32-31(38)30(37)29(36)26(22-33)42-32/h25-26,29-33,36-38H,3-24H2,1-2H3/t25-,26-,29+,30?,31?,32-/m1/s1. The van der Waals surface area contributed by atoms with Gasteiger partial charge < -0.3 is 39.4 Å². The van der Waals surface area contributed by atoms with E-state index in [4.69, 9.17) is 18.9 Å². The summed E-state index contributed by atoms with van der Waals surface area (Å²) < 4.78 is 21.9. The zero-order chi connectivity index (χ0) is 31.0. The van der Waals surface area contributed by atoms with Crippen molar-refractivity contribution in [2.75, 3.05) is 19.8 Å². The maximum atomic E-state index is 12.6. The van der Waals surface area contributed by atoms with Gasteiger partial charge in [-0.15, -0.1) is 0 Å². The van der Waals surface area contributed by atoms with Gasteiger partial charge in [-0.05, 0) is 12.8 Å². The van der Waals surface area contributed by atoms with Crippen molar-refractivity contribution in [3.63, 3.8) is 0 Å². The Morgan fingerprint density at radius 2 is 1.12 bits per heavy atom. The first-order chi connectivity index (χ1) is 20.3. The van der Waals surface area contributed by atoms with Gasteiger partial charge in [-0.2, -0.15) is 0 Å². The first-order valence-electron chi connectivity index (χ1n) is 16.6. The molecule has 1 heterocycles. The van der Waals surface area contributed by atoms with Gasteiger partial charge in [0.15, 0.2) is 12.4 Å². The summed E-state index contributed by atoms with van der Waals surface area (Å²) in [4.78, 5) is 24.9. The predicted octanol–water partition coefficient (Wildman–Crippen LogP) is 4.71. The minimum absolute atomic E-state index is 0.212. The molecule has 0 amide bonds. The minimum atomic E-state index is -1.59. The van der Waals surface area contributed by atoms with Gasteiger partial charge in [-0.1, -0.05) is 110 Å². The van der Waals surface area contributed by atoms with E-state index < -0.39 is 49.4 Å². The molecule has 0 saturated carbocycles. The summed E-state index contributed by atoms with van der Waals surface area (Å²) in [5.41, 5.74) is 0. The molecule has 1 aliphatic rings. The molecule has 6 atom stereocenters. The lowest BCUT2D eigenvalue weighted by molar-refractivity contribution is -0.305. The van der Waals surface area contributed by atoms with Gasteiger partial charge in [0.1, 0.15) is 31.0 Å². The number of carbonyl (C=O) groups is 2. The molecule has 2 unspecified atom stereocenters. The molecule has 1 rings (SSSR count). The van der Waals surface area contributed by atoms with E-state index in [1.54, 1.807) is 0 Å². The van der Waals surface area contributed by atoms with Crippen molar-refractivity contribution in [1.82, 2.24) is 0 Å². The summed E-state index contributed by atoms with van der Waals surface area (Å²) >= 11 is 0. The molecular formula is C32H60O10. The van der Waals surface area contributed by atoms with Crippen LogP contribution < -0.4 is 0 Å². The second-order valence-electron chi connectivity index (χ2n) is 11.6. The van der Waals surface area contributed by atoms with E-state index in [2.05, 4.69) is 13.8 Å². The smallest absolute Gasteiger partial charge is 0.306 e. The summed E-state index contributed by atoms with van der Waals surface area (Å²) in [6.07, 6.45) is 11.5. The molecule has 0 aromatic carbocycles. The molecular weight excluding hydrogens is 544 g/mol. The zero-order valence-electron chi connectivity index (χ0n) is 26.3. The number of aliphatic hydroxyl groups is 4. The van der Waals surface area contributed by atoms with E-state index in [0.717, 1.165) is 44.9 Å². The Bertz CT molecular complexity index is 674. The van der Waals surface area contributed by atoms with E-state index >= 15 is 0 Å². The Morgan fingerprint density at radius 1 is 0.643 bits per heavy atom. The van der Waals surface area contributed by atoms with Crippen LogP contribution in [0.4, 0.5) is 0 Å². The highest BCUT2D eigenvalue weighted by Gasteiger charge is 2.44. The number of ether oxygens (including phenoxy) is 4. The van der Waals surface area contributed by atoms with Crippen LogP contribution in [0.1, 0.15) is 136 Å². The Morgan fingerprint density at radius 3 is 1.62 bits per heavy atom. The third-order valence-corrected chi connectivity index (χ3v) is 7.74. The molecule has 0 aromatic rings. The fourth-order valence-electron chi connectivity index (χ4n) is 5.01. The van der Waals surface area contributed by atoms with Crippen LogP contribution in [-0.2, 0) is 28.5 Å². The van der Waals surface area contributed by atoms with Crippen molar-refractivity contribution in [1.29, 1.82) is 0 Å². The normalized spacial score (nSPS) is 23.0. The predicted molar refractivity (Wildman–Crippen MR) is 160 cm³/mol. The lowest BCUT2D eigenvalue weighted by Gasteiger charge is -2.39. The highest BCUT2D eigenvalue weighted by molar-refractivity contribution is 5.70. The van der Waals surface area contributed by atoms with Gasteiger partial charge in [0.2, 0.25) is 0 Å². The van der Waals surface area contributed by atoms with Crippen LogP contribution in [0.5, 0.6) is 0 Å². The van der Waals surface area contributed by atoms with Crippen LogP contribution in [0, 0.1) is 0 Å². The third-order valence-electron chi connectivity index (χ3n) is 7.74. The molecule has 10 nitrogen and oxygen atoms in total. The van der Waals surface area contributed by atoms with Crippen molar-refractivity contribution in [2.24, 2.45) is 0 Å². The largest absolute Gasteiger partial charge is 0.462 e. The average molecular weight is 605 g/mol. The lowest BCUT2D eigenvalue weighted by atomic mass is 9.99. The van der Waals surface area contributed by atoms with Crippen molar-refractivity contribution >= 4 is 11.9 Å². The Balaban J connectivity index is 2.47. The monoisotopic (exact) mass is 604 g/mol. The van der Waals surface area contributed by atoms with Gasteiger partial charge >= 0.3 is 11.9 Å². The van der Waals surface area contributed by atoms with Crippen LogP contribution in [0.15, 0.2) is 0 Å². The fourth-order valence-corrected chi connectivity index (χ4v) is 5.01. The summed E-state index contributed by atoms with van der Waals surface area (Å²) in [7, 11) is 0. The van der Waals surface area contributed by atoms with Gasteiger partial charge in [-0.3, -0.25) is 9.59 Å². The van der Waals surface area contributed by atoms with Gasteiger partial charge in [0.05, 0.1) is 13.2 Å². The van der Waals surface area contributed by atoms with Gasteiger partial charge in [0.25, 0.3) is 0 Å². The molecule has 0 bridgehead atoms. The topological polar surface area (TPSA) is 152 Å². The van der Waals surface area contributed by atoms with Gasteiger partial charge in [-0.25, -0.2) is 0 Å². The quantitative estimate of drug-likeness (QED) is 0.0807. The van der Waals surface area contributed by atoms with Crippen LogP contribution in [0.2, 0.25) is 0 Å². The molecule has 10 heteroatoms. The number of aliphatic hydroxyl groups excluding tert-OH is 4. The first-order valence-corrected chi connectivity index (χ1v) is 16.6. The first kappa shape index (κ1) is 38.7. The van der Waals surface area contributed by atoms with E-state index in [9.17, 15) is 30.0 Å². The minimum Gasteiger partial charge on any atom is -0.462 e. The molecule has 1 aliphatic heterocycles. The number of rotatable bonds is 26. The summed E-state index contributed by atoms with van der Waals surface area (Å²) in [6, 6.07) is 0.